The lowest BCUT2D eigenvalue weighted by atomic mass is 10.0. The van der Waals surface area contributed by atoms with Gasteiger partial charge in [0.15, 0.2) is 6.10 Å². The van der Waals surface area contributed by atoms with E-state index in [1.165, 1.54) is 0 Å². The van der Waals surface area contributed by atoms with E-state index in [-0.39, 0.29) is 5.91 Å². The van der Waals surface area contributed by atoms with E-state index in [0.717, 1.165) is 39.3 Å². The molecule has 0 bridgehead atoms. The van der Waals surface area contributed by atoms with Crippen LogP contribution in [0.25, 0.3) is 0 Å². The number of piperazine rings is 1. The quantitative estimate of drug-likeness (QED) is 0.804. The number of amides is 1. The van der Waals surface area contributed by atoms with Crippen LogP contribution in [0.2, 0.25) is 0 Å². The highest BCUT2D eigenvalue weighted by Gasteiger charge is 2.37. The van der Waals surface area contributed by atoms with Crippen LogP contribution >= 0.6 is 0 Å². The van der Waals surface area contributed by atoms with Crippen LogP contribution in [0, 0.1) is 0 Å². The molecule has 5 heteroatoms. The lowest BCUT2D eigenvalue weighted by Gasteiger charge is -2.47. The number of benzene rings is 1. The van der Waals surface area contributed by atoms with Crippen molar-refractivity contribution in [3.63, 3.8) is 0 Å². The molecule has 0 radical (unpaired) electrons. The number of aliphatic hydroxyl groups is 1. The molecule has 2 fully saturated rings. The van der Waals surface area contributed by atoms with E-state index in [1.807, 2.05) is 18.2 Å². The largest absolute Gasteiger partial charge is 0.378 e. The molecule has 2 N–H and O–H groups in total. The van der Waals surface area contributed by atoms with E-state index < -0.39 is 6.10 Å². The molecule has 1 atom stereocenters. The number of aliphatic hydroxyl groups excluding tert-OH is 1. The van der Waals surface area contributed by atoms with Crippen molar-refractivity contribution in [2.75, 3.05) is 39.3 Å². The number of hydrogen-bond donors (Lipinski definition) is 2. The highest BCUT2D eigenvalue weighted by molar-refractivity contribution is 5.82. The summed E-state index contributed by atoms with van der Waals surface area (Å²) >= 11 is 0. The summed E-state index contributed by atoms with van der Waals surface area (Å²) in [5, 5.41) is 13.4. The third-order valence-corrected chi connectivity index (χ3v) is 4.19. The molecule has 2 aliphatic heterocycles. The smallest absolute Gasteiger partial charge is 0.256 e. The first-order chi connectivity index (χ1) is 9.75. The summed E-state index contributed by atoms with van der Waals surface area (Å²) in [6, 6.07) is 9.59. The minimum Gasteiger partial charge on any atom is -0.378 e. The van der Waals surface area contributed by atoms with Crippen LogP contribution in [-0.4, -0.2) is 66.1 Å². The van der Waals surface area contributed by atoms with Gasteiger partial charge < -0.3 is 15.3 Å². The predicted octanol–water partition coefficient (Wildman–Crippen LogP) is -0.164. The van der Waals surface area contributed by atoms with E-state index in [0.29, 0.717) is 11.6 Å². The summed E-state index contributed by atoms with van der Waals surface area (Å²) in [6.45, 7) is 5.63. The molecule has 2 saturated heterocycles. The number of carbonyl (C=O) groups excluding carboxylic acids is 1. The van der Waals surface area contributed by atoms with E-state index in [2.05, 4.69) is 10.2 Å². The average molecular weight is 275 g/mol. The number of carbonyl (C=O) groups is 1. The lowest BCUT2D eigenvalue weighted by Crippen LogP contribution is -2.64. The van der Waals surface area contributed by atoms with Crippen LogP contribution in [-0.2, 0) is 4.79 Å². The highest BCUT2D eigenvalue weighted by atomic mass is 16.3. The molecule has 2 aliphatic rings. The minimum atomic E-state index is -1.03. The Bertz CT molecular complexity index is 453. The van der Waals surface area contributed by atoms with Gasteiger partial charge in [-0.05, 0) is 5.56 Å². The van der Waals surface area contributed by atoms with Gasteiger partial charge in [0.2, 0.25) is 0 Å². The van der Waals surface area contributed by atoms with Crippen molar-refractivity contribution in [2.45, 2.75) is 12.1 Å². The Labute approximate surface area is 119 Å². The van der Waals surface area contributed by atoms with Crippen molar-refractivity contribution < 1.29 is 9.90 Å². The molecule has 0 saturated carbocycles. The molecule has 0 aromatic heterocycles. The maximum atomic E-state index is 12.2. The fraction of sp³-hybridized carbons (Fsp3) is 0.533. The van der Waals surface area contributed by atoms with Gasteiger partial charge in [-0.1, -0.05) is 30.3 Å². The molecule has 1 aromatic carbocycles. The first kappa shape index (κ1) is 13.5. The van der Waals surface area contributed by atoms with Crippen LogP contribution in [0.1, 0.15) is 11.7 Å². The Kier molecular flexibility index (Phi) is 4.00. The van der Waals surface area contributed by atoms with Crippen LogP contribution in [0.3, 0.4) is 0 Å². The zero-order chi connectivity index (χ0) is 13.9. The van der Waals surface area contributed by atoms with Crippen molar-refractivity contribution in [1.82, 2.24) is 15.1 Å². The number of rotatable bonds is 3. The van der Waals surface area contributed by atoms with Crippen LogP contribution in [0.4, 0.5) is 0 Å². The molecule has 1 amide bonds. The van der Waals surface area contributed by atoms with Gasteiger partial charge in [0.1, 0.15) is 0 Å². The molecular weight excluding hydrogens is 254 g/mol. The van der Waals surface area contributed by atoms with Crippen molar-refractivity contribution in [2.24, 2.45) is 0 Å². The third kappa shape index (κ3) is 2.70. The standard InChI is InChI=1S/C15H21N3O2/c19-14(12-4-2-1-3-5-12)15(20)18-10-13(11-18)17-8-6-16-7-9-17/h1-5,13-14,16,19H,6-11H2. The topological polar surface area (TPSA) is 55.8 Å². The number of nitrogens with one attached hydrogen (secondary N) is 1. The van der Waals surface area contributed by atoms with Crippen molar-refractivity contribution >= 4 is 5.91 Å². The fourth-order valence-corrected chi connectivity index (χ4v) is 2.86. The summed E-state index contributed by atoms with van der Waals surface area (Å²) < 4.78 is 0. The van der Waals surface area contributed by atoms with Gasteiger partial charge in [0, 0.05) is 45.3 Å². The predicted molar refractivity (Wildman–Crippen MR) is 76.2 cm³/mol. The molecule has 1 unspecified atom stereocenters. The average Bonchev–Trinajstić information content (AvgIpc) is 2.47. The van der Waals surface area contributed by atoms with Crippen LogP contribution < -0.4 is 5.32 Å². The summed E-state index contributed by atoms with van der Waals surface area (Å²) in [7, 11) is 0. The van der Waals surface area contributed by atoms with Gasteiger partial charge in [0.05, 0.1) is 0 Å². The molecule has 3 rings (SSSR count). The van der Waals surface area contributed by atoms with Gasteiger partial charge >= 0.3 is 0 Å². The van der Waals surface area contributed by atoms with Crippen LogP contribution in [0.15, 0.2) is 30.3 Å². The Morgan fingerprint density at radius 1 is 1.20 bits per heavy atom. The van der Waals surface area contributed by atoms with E-state index >= 15 is 0 Å². The molecular formula is C15H21N3O2. The monoisotopic (exact) mass is 275 g/mol. The molecule has 20 heavy (non-hydrogen) atoms. The normalized spacial score (nSPS) is 22.4. The SMILES string of the molecule is O=C(C(O)c1ccccc1)N1CC(N2CCNCC2)C1. The molecule has 0 spiro atoms. The third-order valence-electron chi connectivity index (χ3n) is 4.19. The van der Waals surface area contributed by atoms with Crippen molar-refractivity contribution in [3.05, 3.63) is 35.9 Å². The first-order valence-electron chi connectivity index (χ1n) is 7.22. The molecule has 5 nitrogen and oxygen atoms in total. The van der Waals surface area contributed by atoms with Gasteiger partial charge in [-0.3, -0.25) is 9.69 Å². The van der Waals surface area contributed by atoms with Crippen LogP contribution in [0.5, 0.6) is 0 Å². The summed E-state index contributed by atoms with van der Waals surface area (Å²) in [4.78, 5) is 16.4. The second kappa shape index (κ2) is 5.91. The summed E-state index contributed by atoms with van der Waals surface area (Å²) in [6.07, 6.45) is -1.03. The second-order valence-corrected chi connectivity index (χ2v) is 5.50. The number of nitrogens with zero attached hydrogens (tertiary/aromatic N) is 2. The lowest BCUT2D eigenvalue weighted by molar-refractivity contribution is -0.148. The number of hydrogen-bond acceptors (Lipinski definition) is 4. The zero-order valence-corrected chi connectivity index (χ0v) is 11.5. The number of likely N-dealkylation sites (tertiary alicyclic amines) is 1. The summed E-state index contributed by atoms with van der Waals surface area (Å²) in [5.74, 6) is -0.178. The Morgan fingerprint density at radius 3 is 2.50 bits per heavy atom. The minimum absolute atomic E-state index is 0.178. The molecule has 108 valence electrons. The molecule has 2 heterocycles. The molecule has 1 aromatic rings. The maximum Gasteiger partial charge on any atom is 0.256 e. The highest BCUT2D eigenvalue weighted by Crippen LogP contribution is 2.22. The first-order valence-corrected chi connectivity index (χ1v) is 7.22. The van der Waals surface area contributed by atoms with Gasteiger partial charge in [-0.15, -0.1) is 0 Å². The van der Waals surface area contributed by atoms with Gasteiger partial charge in [-0.2, -0.15) is 0 Å². The summed E-state index contributed by atoms with van der Waals surface area (Å²) in [5.41, 5.74) is 0.670. The van der Waals surface area contributed by atoms with Gasteiger partial charge in [-0.25, -0.2) is 0 Å². The Balaban J connectivity index is 1.53. The maximum absolute atomic E-state index is 12.2. The Hall–Kier alpha value is -1.43. The fourth-order valence-electron chi connectivity index (χ4n) is 2.86. The Morgan fingerprint density at radius 2 is 1.85 bits per heavy atom. The van der Waals surface area contributed by atoms with Crippen molar-refractivity contribution in [1.29, 1.82) is 0 Å². The van der Waals surface area contributed by atoms with E-state index in [1.54, 1.807) is 17.0 Å². The van der Waals surface area contributed by atoms with E-state index in [4.69, 9.17) is 0 Å². The van der Waals surface area contributed by atoms with Gasteiger partial charge in [0.25, 0.3) is 5.91 Å². The molecule has 0 aliphatic carbocycles. The zero-order valence-electron chi connectivity index (χ0n) is 11.5. The van der Waals surface area contributed by atoms with E-state index in [9.17, 15) is 9.90 Å². The van der Waals surface area contributed by atoms with Crippen molar-refractivity contribution in [3.8, 4) is 0 Å². The second-order valence-electron chi connectivity index (χ2n) is 5.50.